The second-order valence-electron chi connectivity index (χ2n) is 7.67. The summed E-state index contributed by atoms with van der Waals surface area (Å²) in [5.41, 5.74) is 0. The predicted octanol–water partition coefficient (Wildman–Crippen LogP) is 2.82. The van der Waals surface area contributed by atoms with Gasteiger partial charge in [-0.05, 0) is 43.7 Å². The zero-order valence-electron chi connectivity index (χ0n) is 16.6. The lowest BCUT2D eigenvalue weighted by Gasteiger charge is -2.33. The van der Waals surface area contributed by atoms with Crippen LogP contribution < -0.4 is 0 Å². The topological polar surface area (TPSA) is 80.1 Å². The Morgan fingerprint density at radius 3 is 2.61 bits per heavy atom. The van der Waals surface area contributed by atoms with Gasteiger partial charge in [0.2, 0.25) is 5.91 Å². The van der Waals surface area contributed by atoms with Gasteiger partial charge in [0.15, 0.2) is 6.61 Å². The molecule has 1 aliphatic heterocycles. The second-order valence-corrected chi connectivity index (χ2v) is 8.78. The average molecular weight is 409 g/mol. The van der Waals surface area contributed by atoms with Gasteiger partial charge in [-0.25, -0.2) is 4.79 Å². The van der Waals surface area contributed by atoms with Gasteiger partial charge in [0.05, 0.1) is 6.26 Å². The van der Waals surface area contributed by atoms with E-state index in [2.05, 4.69) is 6.92 Å². The molecule has 7 nitrogen and oxygen atoms in total. The highest BCUT2D eigenvalue weighted by Gasteiger charge is 2.43. The third-order valence-electron chi connectivity index (χ3n) is 5.69. The van der Waals surface area contributed by atoms with Crippen LogP contribution in [0, 0.1) is 5.92 Å². The third kappa shape index (κ3) is 4.54. The number of esters is 1. The highest BCUT2D eigenvalue weighted by atomic mass is 32.2. The van der Waals surface area contributed by atoms with Crippen LogP contribution in [-0.4, -0.2) is 59.1 Å². The molecule has 0 N–H and O–H groups in total. The SMILES string of the molecule is CC(=O)N1[C@@H](C(=O)OCC(=O)N(C)C2CCC(C)CC2)CS[C@@H]1c1ccco1. The molecule has 0 unspecified atom stereocenters. The monoisotopic (exact) mass is 408 g/mol. The van der Waals surface area contributed by atoms with Gasteiger partial charge in [-0.2, -0.15) is 0 Å². The summed E-state index contributed by atoms with van der Waals surface area (Å²) in [6, 6.07) is 3.03. The highest BCUT2D eigenvalue weighted by Crippen LogP contribution is 2.41. The Bertz CT molecular complexity index is 699. The maximum Gasteiger partial charge on any atom is 0.330 e. The van der Waals surface area contributed by atoms with Crippen LogP contribution in [0.4, 0.5) is 0 Å². The minimum atomic E-state index is -0.716. The molecular weight excluding hydrogens is 380 g/mol. The predicted molar refractivity (Wildman–Crippen MR) is 105 cm³/mol. The molecule has 0 aromatic carbocycles. The van der Waals surface area contributed by atoms with E-state index in [1.54, 1.807) is 30.3 Å². The number of amides is 2. The Labute approximate surface area is 169 Å². The van der Waals surface area contributed by atoms with E-state index in [9.17, 15) is 14.4 Å². The largest absolute Gasteiger partial charge is 0.466 e. The number of carbonyl (C=O) groups is 3. The number of likely N-dealkylation sites (N-methyl/N-ethyl adjacent to an activating group) is 1. The van der Waals surface area contributed by atoms with E-state index in [0.29, 0.717) is 17.4 Å². The van der Waals surface area contributed by atoms with Crippen molar-refractivity contribution in [1.29, 1.82) is 0 Å². The summed E-state index contributed by atoms with van der Waals surface area (Å²) in [7, 11) is 1.77. The summed E-state index contributed by atoms with van der Waals surface area (Å²) in [4.78, 5) is 40.4. The van der Waals surface area contributed by atoms with Gasteiger partial charge in [0, 0.05) is 25.8 Å². The molecule has 1 aromatic rings. The van der Waals surface area contributed by atoms with Gasteiger partial charge < -0.3 is 19.0 Å². The lowest BCUT2D eigenvalue weighted by Crippen LogP contribution is -2.45. The molecule has 2 aliphatic rings. The van der Waals surface area contributed by atoms with E-state index in [4.69, 9.17) is 9.15 Å². The number of thioether (sulfide) groups is 1. The standard InChI is InChI=1S/C20H28N2O5S/c1-13-6-8-15(9-7-13)21(3)18(24)11-27-20(25)16-12-28-19(22(16)14(2)23)17-5-4-10-26-17/h4-5,10,13,15-16,19H,6-9,11-12H2,1-3H3/t13?,15?,16-,19-/m1/s1. The molecule has 0 spiro atoms. The molecule has 2 heterocycles. The van der Waals surface area contributed by atoms with Crippen LogP contribution >= 0.6 is 11.8 Å². The Balaban J connectivity index is 1.55. The summed E-state index contributed by atoms with van der Waals surface area (Å²) >= 11 is 1.45. The molecule has 28 heavy (non-hydrogen) atoms. The third-order valence-corrected chi connectivity index (χ3v) is 6.97. The van der Waals surface area contributed by atoms with E-state index in [1.807, 2.05) is 0 Å². The van der Waals surface area contributed by atoms with Crippen molar-refractivity contribution in [2.24, 2.45) is 5.92 Å². The minimum Gasteiger partial charge on any atom is -0.466 e. The number of rotatable bonds is 5. The van der Waals surface area contributed by atoms with Crippen LogP contribution in [0.3, 0.4) is 0 Å². The molecule has 8 heteroatoms. The molecule has 0 radical (unpaired) electrons. The Kier molecular flexibility index (Phi) is 6.69. The van der Waals surface area contributed by atoms with Gasteiger partial charge in [0.25, 0.3) is 5.91 Å². The summed E-state index contributed by atoms with van der Waals surface area (Å²) in [5, 5.41) is -0.354. The smallest absolute Gasteiger partial charge is 0.330 e. The van der Waals surface area contributed by atoms with Crippen molar-refractivity contribution in [2.45, 2.75) is 57.0 Å². The van der Waals surface area contributed by atoms with Crippen LogP contribution in [0.5, 0.6) is 0 Å². The molecule has 3 rings (SSSR count). The van der Waals surface area contributed by atoms with Crippen molar-refractivity contribution < 1.29 is 23.5 Å². The number of nitrogens with zero attached hydrogens (tertiary/aromatic N) is 2. The molecule has 2 atom stereocenters. The molecule has 1 aromatic heterocycles. The first-order valence-electron chi connectivity index (χ1n) is 9.74. The fourth-order valence-corrected chi connectivity index (χ4v) is 5.30. The summed E-state index contributed by atoms with van der Waals surface area (Å²) < 4.78 is 10.7. The fourth-order valence-electron chi connectivity index (χ4n) is 3.89. The Morgan fingerprint density at radius 2 is 2.00 bits per heavy atom. The maximum absolute atomic E-state index is 12.6. The van der Waals surface area contributed by atoms with E-state index in [-0.39, 0.29) is 29.8 Å². The summed E-state index contributed by atoms with van der Waals surface area (Å²) in [6.07, 6.45) is 5.74. The van der Waals surface area contributed by atoms with Gasteiger partial charge >= 0.3 is 5.97 Å². The lowest BCUT2D eigenvalue weighted by atomic mass is 9.87. The molecule has 1 aliphatic carbocycles. The number of hydrogen-bond donors (Lipinski definition) is 0. The normalized spacial score (nSPS) is 27.5. The average Bonchev–Trinajstić information content (AvgIpc) is 3.35. The van der Waals surface area contributed by atoms with E-state index < -0.39 is 12.0 Å². The van der Waals surface area contributed by atoms with Crippen molar-refractivity contribution in [3.05, 3.63) is 24.2 Å². The van der Waals surface area contributed by atoms with Crippen molar-refractivity contribution in [1.82, 2.24) is 9.80 Å². The molecule has 0 bridgehead atoms. The zero-order chi connectivity index (χ0) is 20.3. The van der Waals surface area contributed by atoms with E-state index in [0.717, 1.165) is 25.7 Å². The first-order chi connectivity index (χ1) is 13.4. The van der Waals surface area contributed by atoms with Gasteiger partial charge in [-0.15, -0.1) is 11.8 Å². The Hall–Kier alpha value is -1.96. The van der Waals surface area contributed by atoms with E-state index >= 15 is 0 Å². The second kappa shape index (κ2) is 9.03. The molecular formula is C20H28N2O5S. The maximum atomic E-state index is 12.6. The van der Waals surface area contributed by atoms with Crippen molar-refractivity contribution in [3.63, 3.8) is 0 Å². The number of furan rings is 1. The van der Waals surface area contributed by atoms with Gasteiger partial charge in [0.1, 0.15) is 17.2 Å². The number of ether oxygens (including phenoxy) is 1. The molecule has 1 saturated heterocycles. The fraction of sp³-hybridized carbons (Fsp3) is 0.650. The van der Waals surface area contributed by atoms with Crippen LogP contribution in [0.25, 0.3) is 0 Å². The van der Waals surface area contributed by atoms with Crippen LogP contribution in [0.1, 0.15) is 50.7 Å². The number of carbonyl (C=O) groups excluding carboxylic acids is 3. The molecule has 2 fully saturated rings. The molecule has 154 valence electrons. The van der Waals surface area contributed by atoms with Crippen molar-refractivity contribution >= 4 is 29.5 Å². The highest BCUT2D eigenvalue weighted by molar-refractivity contribution is 7.99. The van der Waals surface area contributed by atoms with Crippen LogP contribution in [-0.2, 0) is 19.1 Å². The van der Waals surface area contributed by atoms with Gasteiger partial charge in [-0.3, -0.25) is 9.59 Å². The minimum absolute atomic E-state index is 0.199. The van der Waals surface area contributed by atoms with Crippen molar-refractivity contribution in [2.75, 3.05) is 19.4 Å². The zero-order valence-corrected chi connectivity index (χ0v) is 17.4. The van der Waals surface area contributed by atoms with Gasteiger partial charge in [-0.1, -0.05) is 6.92 Å². The quantitative estimate of drug-likeness (QED) is 0.697. The molecule has 1 saturated carbocycles. The van der Waals surface area contributed by atoms with Crippen LogP contribution in [0.2, 0.25) is 0 Å². The first-order valence-corrected chi connectivity index (χ1v) is 10.8. The Morgan fingerprint density at radius 1 is 1.29 bits per heavy atom. The lowest BCUT2D eigenvalue weighted by molar-refractivity contribution is -0.158. The first kappa shape index (κ1) is 20.8. The van der Waals surface area contributed by atoms with Crippen molar-refractivity contribution in [3.8, 4) is 0 Å². The van der Waals surface area contributed by atoms with Crippen LogP contribution in [0.15, 0.2) is 22.8 Å². The summed E-state index contributed by atoms with van der Waals surface area (Å²) in [5.74, 6) is 0.767. The molecule has 2 amide bonds. The summed E-state index contributed by atoms with van der Waals surface area (Å²) in [6.45, 7) is 3.36. The van der Waals surface area contributed by atoms with E-state index in [1.165, 1.54) is 23.6 Å². The number of hydrogen-bond acceptors (Lipinski definition) is 6.